The average Bonchev–Trinajstić information content (AvgIpc) is 3.01. The number of halogens is 3. The Labute approximate surface area is 121 Å². The van der Waals surface area contributed by atoms with Crippen LogP contribution >= 0.6 is 0 Å². The highest BCUT2D eigenvalue weighted by molar-refractivity contribution is 5.64. The smallest absolute Gasteiger partial charge is 0.357 e. The summed E-state index contributed by atoms with van der Waals surface area (Å²) in [6.45, 7) is 2.04. The Morgan fingerprint density at radius 1 is 0.857 bits per heavy atom. The molecule has 110 valence electrons. The molecule has 2 nitrogen and oxygen atoms in total. The van der Waals surface area contributed by atoms with Crippen molar-refractivity contribution in [3.8, 4) is 11.1 Å². The number of pyridine rings is 1. The van der Waals surface area contributed by atoms with Crippen LogP contribution in [-0.2, 0) is 6.18 Å². The summed E-state index contributed by atoms with van der Waals surface area (Å²) in [7, 11) is 0. The molecule has 1 saturated heterocycles. The number of aromatic nitrogens is 1. The van der Waals surface area contributed by atoms with E-state index in [4.69, 9.17) is 0 Å². The SMILES string of the molecule is FC(F)(F)c1ccc(-c2ccc(N3CCCC3)nc2)cc1. The molecule has 1 aliphatic heterocycles. The largest absolute Gasteiger partial charge is 0.416 e. The van der Waals surface area contributed by atoms with E-state index in [1.54, 1.807) is 6.20 Å². The van der Waals surface area contributed by atoms with Crippen LogP contribution in [0.25, 0.3) is 11.1 Å². The summed E-state index contributed by atoms with van der Waals surface area (Å²) in [4.78, 5) is 6.63. The van der Waals surface area contributed by atoms with Gasteiger partial charge in [-0.1, -0.05) is 12.1 Å². The van der Waals surface area contributed by atoms with E-state index in [9.17, 15) is 13.2 Å². The molecule has 0 radical (unpaired) electrons. The molecule has 5 heteroatoms. The lowest BCUT2D eigenvalue weighted by Crippen LogP contribution is -2.18. The van der Waals surface area contributed by atoms with Gasteiger partial charge in [0.1, 0.15) is 5.82 Å². The fourth-order valence-corrected chi connectivity index (χ4v) is 2.54. The Morgan fingerprint density at radius 2 is 1.48 bits per heavy atom. The van der Waals surface area contributed by atoms with Crippen LogP contribution in [-0.4, -0.2) is 18.1 Å². The van der Waals surface area contributed by atoms with Gasteiger partial charge in [-0.25, -0.2) is 4.98 Å². The Bertz CT molecular complexity index is 597. The topological polar surface area (TPSA) is 16.1 Å². The zero-order chi connectivity index (χ0) is 14.9. The predicted octanol–water partition coefficient (Wildman–Crippen LogP) is 4.37. The zero-order valence-electron chi connectivity index (χ0n) is 11.4. The Hall–Kier alpha value is -2.04. The molecule has 1 aliphatic rings. The highest BCUT2D eigenvalue weighted by Crippen LogP contribution is 2.31. The van der Waals surface area contributed by atoms with Crippen LogP contribution in [0.5, 0.6) is 0 Å². The third kappa shape index (κ3) is 3.01. The van der Waals surface area contributed by atoms with Gasteiger partial charge in [0.2, 0.25) is 0 Å². The number of nitrogens with zero attached hydrogens (tertiary/aromatic N) is 2. The highest BCUT2D eigenvalue weighted by atomic mass is 19.4. The summed E-state index contributed by atoms with van der Waals surface area (Å²) in [6.07, 6.45) is -0.211. The molecular weight excluding hydrogens is 277 g/mol. The predicted molar refractivity (Wildman–Crippen MR) is 76.1 cm³/mol. The lowest BCUT2D eigenvalue weighted by Gasteiger charge is -2.16. The van der Waals surface area contributed by atoms with Crippen molar-refractivity contribution < 1.29 is 13.2 Å². The second-order valence-corrected chi connectivity index (χ2v) is 5.17. The number of benzene rings is 1. The zero-order valence-corrected chi connectivity index (χ0v) is 11.4. The normalized spacial score (nSPS) is 15.5. The fraction of sp³-hybridized carbons (Fsp3) is 0.312. The molecule has 0 amide bonds. The maximum absolute atomic E-state index is 12.5. The van der Waals surface area contributed by atoms with Gasteiger partial charge in [0, 0.05) is 24.8 Å². The first kappa shape index (κ1) is 13.9. The lowest BCUT2D eigenvalue weighted by molar-refractivity contribution is -0.137. The minimum absolute atomic E-state index is 0.632. The van der Waals surface area contributed by atoms with Gasteiger partial charge >= 0.3 is 6.18 Å². The minimum atomic E-state index is -4.30. The molecule has 3 rings (SSSR count). The van der Waals surface area contributed by atoms with E-state index in [1.807, 2.05) is 12.1 Å². The van der Waals surface area contributed by atoms with Crippen LogP contribution in [0.15, 0.2) is 42.6 Å². The van der Waals surface area contributed by atoms with Crippen LogP contribution in [0.4, 0.5) is 19.0 Å². The van der Waals surface area contributed by atoms with Gasteiger partial charge in [-0.15, -0.1) is 0 Å². The molecule has 0 unspecified atom stereocenters. The van der Waals surface area contributed by atoms with E-state index in [0.717, 1.165) is 42.2 Å². The Balaban J connectivity index is 1.80. The van der Waals surface area contributed by atoms with E-state index in [0.29, 0.717) is 0 Å². The Kier molecular flexibility index (Phi) is 3.57. The summed E-state index contributed by atoms with van der Waals surface area (Å²) in [6, 6.07) is 9.00. The minimum Gasteiger partial charge on any atom is -0.357 e. The number of anilines is 1. The van der Waals surface area contributed by atoms with Gasteiger partial charge in [-0.3, -0.25) is 0 Å². The molecule has 1 aromatic carbocycles. The van der Waals surface area contributed by atoms with Crippen molar-refractivity contribution in [2.45, 2.75) is 19.0 Å². The summed E-state index contributed by atoms with van der Waals surface area (Å²) in [5.74, 6) is 0.933. The molecule has 1 fully saturated rings. The molecule has 0 bridgehead atoms. The summed E-state index contributed by atoms with van der Waals surface area (Å²) >= 11 is 0. The Morgan fingerprint density at radius 3 is 2.00 bits per heavy atom. The van der Waals surface area contributed by atoms with Gasteiger partial charge in [-0.2, -0.15) is 13.2 Å². The van der Waals surface area contributed by atoms with Crippen LogP contribution in [0, 0.1) is 0 Å². The van der Waals surface area contributed by atoms with Gasteiger partial charge in [0.05, 0.1) is 5.56 Å². The van der Waals surface area contributed by atoms with Crippen LogP contribution in [0.1, 0.15) is 18.4 Å². The second-order valence-electron chi connectivity index (χ2n) is 5.17. The van der Waals surface area contributed by atoms with Crippen molar-refractivity contribution in [2.24, 2.45) is 0 Å². The molecular formula is C16H15F3N2. The van der Waals surface area contributed by atoms with E-state index in [2.05, 4.69) is 9.88 Å². The number of hydrogen-bond donors (Lipinski definition) is 0. The quantitative estimate of drug-likeness (QED) is 0.817. The number of hydrogen-bond acceptors (Lipinski definition) is 2. The molecule has 21 heavy (non-hydrogen) atoms. The molecule has 0 atom stereocenters. The van der Waals surface area contributed by atoms with Crippen LogP contribution in [0.3, 0.4) is 0 Å². The molecule has 0 aliphatic carbocycles. The lowest BCUT2D eigenvalue weighted by atomic mass is 10.1. The molecule has 2 aromatic rings. The van der Waals surface area contributed by atoms with E-state index < -0.39 is 11.7 Å². The first-order valence-corrected chi connectivity index (χ1v) is 6.93. The second kappa shape index (κ2) is 5.39. The molecule has 0 spiro atoms. The van der Waals surface area contributed by atoms with Crippen molar-refractivity contribution in [1.82, 2.24) is 4.98 Å². The first-order valence-electron chi connectivity index (χ1n) is 6.93. The van der Waals surface area contributed by atoms with Gasteiger partial charge in [0.15, 0.2) is 0 Å². The van der Waals surface area contributed by atoms with E-state index in [-0.39, 0.29) is 0 Å². The molecule has 0 saturated carbocycles. The van der Waals surface area contributed by atoms with E-state index in [1.165, 1.54) is 25.0 Å². The molecule has 2 heterocycles. The summed E-state index contributed by atoms with van der Waals surface area (Å²) in [5.41, 5.74) is 0.933. The van der Waals surface area contributed by atoms with Gasteiger partial charge < -0.3 is 4.90 Å². The number of alkyl halides is 3. The average molecular weight is 292 g/mol. The molecule has 1 aromatic heterocycles. The summed E-state index contributed by atoms with van der Waals surface area (Å²) in [5, 5.41) is 0. The number of rotatable bonds is 2. The monoisotopic (exact) mass is 292 g/mol. The third-order valence-electron chi connectivity index (χ3n) is 3.72. The van der Waals surface area contributed by atoms with E-state index >= 15 is 0 Å². The van der Waals surface area contributed by atoms with Crippen LogP contribution in [0.2, 0.25) is 0 Å². The first-order chi connectivity index (χ1) is 10.0. The van der Waals surface area contributed by atoms with Crippen molar-refractivity contribution in [2.75, 3.05) is 18.0 Å². The maximum atomic E-state index is 12.5. The van der Waals surface area contributed by atoms with Crippen molar-refractivity contribution in [3.63, 3.8) is 0 Å². The van der Waals surface area contributed by atoms with Crippen molar-refractivity contribution in [1.29, 1.82) is 0 Å². The molecule has 0 N–H and O–H groups in total. The maximum Gasteiger partial charge on any atom is 0.416 e. The fourth-order valence-electron chi connectivity index (χ4n) is 2.54. The van der Waals surface area contributed by atoms with Crippen molar-refractivity contribution in [3.05, 3.63) is 48.2 Å². The van der Waals surface area contributed by atoms with Crippen molar-refractivity contribution >= 4 is 5.82 Å². The van der Waals surface area contributed by atoms with Crippen LogP contribution < -0.4 is 4.90 Å². The summed E-state index contributed by atoms with van der Waals surface area (Å²) < 4.78 is 37.6. The third-order valence-corrected chi connectivity index (χ3v) is 3.72. The van der Waals surface area contributed by atoms with Gasteiger partial charge in [0.25, 0.3) is 0 Å². The standard InChI is InChI=1S/C16H15F3N2/c17-16(18,19)14-6-3-12(4-7-14)13-5-8-15(20-11-13)21-9-1-2-10-21/h3-8,11H,1-2,9-10H2. The highest BCUT2D eigenvalue weighted by Gasteiger charge is 2.29. The van der Waals surface area contributed by atoms with Gasteiger partial charge in [-0.05, 0) is 42.7 Å².